The molecule has 256 valence electrons. The molecule has 51 heavy (non-hydrogen) atoms. The Balaban J connectivity index is 1.32. The highest BCUT2D eigenvalue weighted by atomic mass is 32.2. The van der Waals surface area contributed by atoms with Gasteiger partial charge in [0.15, 0.2) is 0 Å². The average Bonchev–Trinajstić information content (AvgIpc) is 3.48. The van der Waals surface area contributed by atoms with Crippen LogP contribution in [-0.4, -0.2) is 6.04 Å². The third-order valence-electron chi connectivity index (χ3n) is 12.1. The van der Waals surface area contributed by atoms with E-state index in [1.165, 1.54) is 107 Å². The van der Waals surface area contributed by atoms with Crippen LogP contribution >= 0.6 is 11.8 Å². The molecule has 2 aliphatic heterocycles. The number of anilines is 4. The van der Waals surface area contributed by atoms with Crippen molar-refractivity contribution in [3.05, 3.63) is 136 Å². The fourth-order valence-corrected chi connectivity index (χ4v) is 10.3. The summed E-state index contributed by atoms with van der Waals surface area (Å²) in [5.41, 5.74) is 20.5. The minimum atomic E-state index is 0.111. The maximum atomic E-state index is 3.95. The van der Waals surface area contributed by atoms with Gasteiger partial charge in [-0.25, -0.2) is 0 Å². The van der Waals surface area contributed by atoms with Crippen molar-refractivity contribution in [3.8, 4) is 22.3 Å². The number of benzene rings is 5. The van der Waals surface area contributed by atoms with E-state index in [9.17, 15) is 0 Å². The van der Waals surface area contributed by atoms with Crippen LogP contribution in [0.4, 0.5) is 22.7 Å². The Hall–Kier alpha value is -4.47. The summed E-state index contributed by atoms with van der Waals surface area (Å²) >= 11 is 1.96. The Kier molecular flexibility index (Phi) is 7.50. The summed E-state index contributed by atoms with van der Waals surface area (Å²) in [4.78, 5) is 5.33. The van der Waals surface area contributed by atoms with Crippen molar-refractivity contribution in [1.82, 2.24) is 0 Å². The first-order valence-corrected chi connectivity index (χ1v) is 19.6. The molecule has 0 aromatic heterocycles. The quantitative estimate of drug-likeness (QED) is 0.199. The van der Waals surface area contributed by atoms with Crippen LogP contribution in [0.5, 0.6) is 0 Å². The standard InChI is InChI=1S/C48H48N2S/c1-8-33-17-11-9-14-31-16-13-19-36(44(31)49-33)38-24-29(2)25-42-46(38)51-43-21-20-35-34-18-12-10-15-32(34)27-37(35)45(43)50(42)41-28-40-39(26-30(41)3)47(4,5)22-23-48(40,6)7/h9-21,24-26,28,33,49H,8,22-23,27H2,1-7H3/b14-9-,17-11-. The summed E-state index contributed by atoms with van der Waals surface area (Å²) in [6.07, 6.45) is 13.3. The maximum Gasteiger partial charge on any atom is 0.0643 e. The van der Waals surface area contributed by atoms with Gasteiger partial charge in [-0.1, -0.05) is 131 Å². The van der Waals surface area contributed by atoms with Gasteiger partial charge in [0, 0.05) is 44.8 Å². The van der Waals surface area contributed by atoms with E-state index in [1.54, 1.807) is 0 Å². The molecule has 0 saturated heterocycles. The van der Waals surface area contributed by atoms with E-state index in [4.69, 9.17) is 0 Å². The first-order chi connectivity index (χ1) is 24.5. The lowest BCUT2D eigenvalue weighted by Gasteiger charge is -2.44. The van der Waals surface area contributed by atoms with Gasteiger partial charge in [0.25, 0.3) is 0 Å². The number of aryl methyl sites for hydroxylation is 2. The summed E-state index contributed by atoms with van der Waals surface area (Å²) in [5.74, 6) is 0. The Labute approximate surface area is 308 Å². The lowest BCUT2D eigenvalue weighted by molar-refractivity contribution is 0.332. The Morgan fingerprint density at radius 3 is 2.33 bits per heavy atom. The predicted molar refractivity (Wildman–Crippen MR) is 220 cm³/mol. The zero-order valence-corrected chi connectivity index (χ0v) is 31.9. The number of rotatable bonds is 3. The molecule has 2 aliphatic carbocycles. The Bertz CT molecular complexity index is 2320. The maximum absolute atomic E-state index is 3.95. The number of fused-ring (bicyclic) bond motifs is 8. The summed E-state index contributed by atoms with van der Waals surface area (Å²) in [7, 11) is 0. The molecule has 0 radical (unpaired) electrons. The van der Waals surface area contributed by atoms with Gasteiger partial charge in [-0.15, -0.1) is 0 Å². The summed E-state index contributed by atoms with van der Waals surface area (Å²) < 4.78 is 0. The van der Waals surface area contributed by atoms with E-state index in [-0.39, 0.29) is 16.9 Å². The van der Waals surface area contributed by atoms with Crippen molar-refractivity contribution in [2.75, 3.05) is 10.2 Å². The van der Waals surface area contributed by atoms with Crippen molar-refractivity contribution < 1.29 is 0 Å². The van der Waals surface area contributed by atoms with Crippen LogP contribution in [0.15, 0.2) is 107 Å². The van der Waals surface area contributed by atoms with Gasteiger partial charge in [-0.05, 0) is 112 Å². The number of hydrogen-bond acceptors (Lipinski definition) is 3. The van der Waals surface area contributed by atoms with Gasteiger partial charge >= 0.3 is 0 Å². The van der Waals surface area contributed by atoms with Crippen molar-refractivity contribution in [2.45, 2.75) is 101 Å². The first-order valence-electron chi connectivity index (χ1n) is 18.8. The number of hydrogen-bond donors (Lipinski definition) is 1. The van der Waals surface area contributed by atoms with Gasteiger partial charge in [0.1, 0.15) is 0 Å². The van der Waals surface area contributed by atoms with Crippen molar-refractivity contribution in [3.63, 3.8) is 0 Å². The molecule has 1 unspecified atom stereocenters. The molecular weight excluding hydrogens is 637 g/mol. The van der Waals surface area contributed by atoms with Crippen molar-refractivity contribution in [2.24, 2.45) is 0 Å². The smallest absolute Gasteiger partial charge is 0.0643 e. The molecule has 9 rings (SSSR count). The van der Waals surface area contributed by atoms with E-state index < -0.39 is 0 Å². The van der Waals surface area contributed by atoms with Crippen molar-refractivity contribution >= 4 is 40.6 Å². The molecule has 0 fully saturated rings. The third-order valence-corrected chi connectivity index (χ3v) is 13.3. The van der Waals surface area contributed by atoms with E-state index in [2.05, 4.69) is 162 Å². The SMILES string of the molecule is CCC1/C=C\C=C/c2cccc(-c3cc(C)cc4c3Sc3ccc5c(c3N4c3cc4c(cc3C)C(C)(C)CCC4(C)C)Cc3ccccc3-5)c2N1. The topological polar surface area (TPSA) is 15.3 Å². The van der Waals surface area contributed by atoms with Crippen molar-refractivity contribution in [1.29, 1.82) is 0 Å². The number of nitrogens with zero attached hydrogens (tertiary/aromatic N) is 1. The molecule has 5 aromatic carbocycles. The lowest BCUT2D eigenvalue weighted by Crippen LogP contribution is -2.34. The molecular formula is C48H48N2S. The van der Waals surface area contributed by atoms with Gasteiger partial charge in [-0.2, -0.15) is 0 Å². The highest BCUT2D eigenvalue weighted by Crippen LogP contribution is 2.60. The van der Waals surface area contributed by atoms with E-state index in [1.807, 2.05) is 11.8 Å². The van der Waals surface area contributed by atoms with Crippen LogP contribution in [0.1, 0.15) is 92.8 Å². The van der Waals surface area contributed by atoms with Crippen LogP contribution in [0.3, 0.4) is 0 Å². The minimum absolute atomic E-state index is 0.111. The second kappa shape index (κ2) is 11.8. The number of allylic oxidation sites excluding steroid dienone is 2. The molecule has 0 spiro atoms. The Morgan fingerprint density at radius 1 is 0.765 bits per heavy atom. The molecule has 2 nitrogen and oxygen atoms in total. The first kappa shape index (κ1) is 32.4. The highest BCUT2D eigenvalue weighted by molar-refractivity contribution is 8.00. The van der Waals surface area contributed by atoms with Gasteiger partial charge in [0.2, 0.25) is 0 Å². The lowest BCUT2D eigenvalue weighted by atomic mass is 9.63. The molecule has 0 saturated carbocycles. The average molecular weight is 685 g/mol. The van der Waals surface area contributed by atoms with E-state index >= 15 is 0 Å². The molecule has 2 heterocycles. The number of para-hydroxylation sites is 1. The van der Waals surface area contributed by atoms with Gasteiger partial charge in [0.05, 0.1) is 11.4 Å². The fourth-order valence-electron chi connectivity index (χ4n) is 9.08. The van der Waals surface area contributed by atoms with E-state index in [0.29, 0.717) is 0 Å². The summed E-state index contributed by atoms with van der Waals surface area (Å²) in [6.45, 7) is 16.7. The number of nitrogens with one attached hydrogen (secondary N) is 1. The summed E-state index contributed by atoms with van der Waals surface area (Å²) in [6, 6.07) is 30.8. The fraction of sp³-hybridized carbons (Fsp3) is 0.292. The zero-order chi connectivity index (χ0) is 35.2. The predicted octanol–water partition coefficient (Wildman–Crippen LogP) is 13.6. The molecule has 1 N–H and O–H groups in total. The minimum Gasteiger partial charge on any atom is -0.378 e. The van der Waals surface area contributed by atoms with Crippen LogP contribution in [0.2, 0.25) is 0 Å². The van der Waals surface area contributed by atoms with Gasteiger partial charge < -0.3 is 10.2 Å². The molecule has 1 atom stereocenters. The zero-order valence-electron chi connectivity index (χ0n) is 31.1. The molecule has 0 amide bonds. The third kappa shape index (κ3) is 5.14. The van der Waals surface area contributed by atoms with Crippen LogP contribution in [0, 0.1) is 13.8 Å². The highest BCUT2D eigenvalue weighted by Gasteiger charge is 2.40. The normalized spacial score (nSPS) is 20.0. The van der Waals surface area contributed by atoms with Crippen LogP contribution < -0.4 is 10.2 Å². The molecule has 4 aliphatic rings. The molecule has 3 heteroatoms. The Morgan fingerprint density at radius 2 is 1.53 bits per heavy atom. The van der Waals surface area contributed by atoms with E-state index in [0.717, 1.165) is 12.8 Å². The summed E-state index contributed by atoms with van der Waals surface area (Å²) in [5, 5.41) is 3.95. The van der Waals surface area contributed by atoms with Crippen LogP contribution in [-0.2, 0) is 17.3 Å². The second-order valence-corrected chi connectivity index (χ2v) is 17.5. The van der Waals surface area contributed by atoms with Crippen LogP contribution in [0.25, 0.3) is 28.3 Å². The second-order valence-electron chi connectivity index (χ2n) is 16.5. The van der Waals surface area contributed by atoms with Gasteiger partial charge in [-0.3, -0.25) is 0 Å². The molecule has 5 aromatic rings. The molecule has 0 bridgehead atoms. The largest absolute Gasteiger partial charge is 0.378 e. The monoisotopic (exact) mass is 684 g/mol.